The van der Waals surface area contributed by atoms with E-state index in [-0.39, 0.29) is 0 Å². The molecule has 0 N–H and O–H groups in total. The standard InChI is InChI=1S/C18H42N2/c1-7-15-19(3,4)17-13-11-9-10-12-14-18-20(5,6)16-8-2/h7-18H2,1-6H3/q+2. The van der Waals surface area contributed by atoms with E-state index in [1.54, 1.807) is 0 Å². The van der Waals surface area contributed by atoms with Gasteiger partial charge in [0, 0.05) is 0 Å². The van der Waals surface area contributed by atoms with E-state index in [1.807, 2.05) is 0 Å². The van der Waals surface area contributed by atoms with Crippen LogP contribution in [0.25, 0.3) is 0 Å². The van der Waals surface area contributed by atoms with Gasteiger partial charge in [-0.15, -0.1) is 0 Å². The molecule has 0 unspecified atom stereocenters. The third-order valence-electron chi connectivity index (χ3n) is 4.43. The first-order valence-electron chi connectivity index (χ1n) is 8.97. The quantitative estimate of drug-likeness (QED) is 0.350. The summed E-state index contributed by atoms with van der Waals surface area (Å²) in [6.07, 6.45) is 11.2. The van der Waals surface area contributed by atoms with Crippen LogP contribution in [-0.2, 0) is 0 Å². The second-order valence-corrected chi connectivity index (χ2v) is 7.89. The molecule has 0 spiro atoms. The number of unbranched alkanes of at least 4 members (excludes halogenated alkanes) is 5. The maximum Gasteiger partial charge on any atom is 0.0782 e. The first-order chi connectivity index (χ1) is 9.33. The molecule has 0 aliphatic carbocycles. The summed E-state index contributed by atoms with van der Waals surface area (Å²) < 4.78 is 2.42. The number of hydrogen-bond donors (Lipinski definition) is 0. The fourth-order valence-electron chi connectivity index (χ4n) is 3.22. The second kappa shape index (κ2) is 10.6. The summed E-state index contributed by atoms with van der Waals surface area (Å²) >= 11 is 0. The van der Waals surface area contributed by atoms with E-state index in [0.29, 0.717) is 0 Å². The molecular formula is C18H42N2+2. The molecule has 20 heavy (non-hydrogen) atoms. The smallest absolute Gasteiger partial charge is 0.0782 e. The van der Waals surface area contributed by atoms with Crippen LogP contribution in [0.3, 0.4) is 0 Å². The third kappa shape index (κ3) is 11.7. The molecule has 122 valence electrons. The van der Waals surface area contributed by atoms with Crippen molar-refractivity contribution in [3.05, 3.63) is 0 Å². The van der Waals surface area contributed by atoms with E-state index in [2.05, 4.69) is 42.0 Å². The van der Waals surface area contributed by atoms with E-state index in [1.165, 1.54) is 86.5 Å². The predicted molar refractivity (Wildman–Crippen MR) is 92.0 cm³/mol. The maximum absolute atomic E-state index is 2.37. The molecule has 0 radical (unpaired) electrons. The number of quaternary nitrogens is 2. The van der Waals surface area contributed by atoms with Gasteiger partial charge in [-0.25, -0.2) is 0 Å². The summed E-state index contributed by atoms with van der Waals surface area (Å²) in [6.45, 7) is 9.94. The lowest BCUT2D eigenvalue weighted by molar-refractivity contribution is -0.890. The van der Waals surface area contributed by atoms with Gasteiger partial charge < -0.3 is 8.97 Å². The Balaban J connectivity index is 3.41. The Bertz CT molecular complexity index is 197. The summed E-state index contributed by atoms with van der Waals surface area (Å²) in [5, 5.41) is 0. The first kappa shape index (κ1) is 19.9. The van der Waals surface area contributed by atoms with Crippen LogP contribution < -0.4 is 0 Å². The minimum Gasteiger partial charge on any atom is -0.328 e. The van der Waals surface area contributed by atoms with Crippen LogP contribution in [0, 0.1) is 0 Å². The molecule has 0 heterocycles. The normalized spacial score (nSPS) is 12.9. The largest absolute Gasteiger partial charge is 0.328 e. The second-order valence-electron chi connectivity index (χ2n) is 7.89. The lowest BCUT2D eigenvalue weighted by Gasteiger charge is -2.29. The van der Waals surface area contributed by atoms with E-state index < -0.39 is 0 Å². The molecule has 2 nitrogen and oxygen atoms in total. The molecule has 0 bridgehead atoms. The Morgan fingerprint density at radius 3 is 1.05 bits per heavy atom. The van der Waals surface area contributed by atoms with E-state index in [9.17, 15) is 0 Å². The molecular weight excluding hydrogens is 244 g/mol. The molecule has 0 saturated carbocycles. The van der Waals surface area contributed by atoms with Gasteiger partial charge in [0.25, 0.3) is 0 Å². The van der Waals surface area contributed by atoms with Crippen molar-refractivity contribution in [1.29, 1.82) is 0 Å². The lowest BCUT2D eigenvalue weighted by atomic mass is 10.1. The zero-order valence-electron chi connectivity index (χ0n) is 15.4. The zero-order valence-corrected chi connectivity index (χ0v) is 15.4. The maximum atomic E-state index is 2.37. The van der Waals surface area contributed by atoms with Gasteiger partial charge in [0.2, 0.25) is 0 Å². The molecule has 0 saturated heterocycles. The summed E-state index contributed by atoms with van der Waals surface area (Å²) in [4.78, 5) is 0. The average molecular weight is 287 g/mol. The van der Waals surface area contributed by atoms with Crippen LogP contribution in [0.5, 0.6) is 0 Å². The van der Waals surface area contributed by atoms with Crippen LogP contribution in [-0.4, -0.2) is 63.3 Å². The third-order valence-corrected chi connectivity index (χ3v) is 4.43. The highest BCUT2D eigenvalue weighted by molar-refractivity contribution is 4.46. The Morgan fingerprint density at radius 2 is 0.750 bits per heavy atom. The number of nitrogens with zero attached hydrogens (tertiary/aromatic N) is 2. The van der Waals surface area contributed by atoms with Crippen molar-refractivity contribution in [3.8, 4) is 0 Å². The summed E-state index contributed by atoms with van der Waals surface area (Å²) in [6, 6.07) is 0. The van der Waals surface area contributed by atoms with Gasteiger partial charge in [-0.3, -0.25) is 0 Å². The summed E-state index contributed by atoms with van der Waals surface area (Å²) in [7, 11) is 9.49. The highest BCUT2D eigenvalue weighted by Crippen LogP contribution is 2.10. The van der Waals surface area contributed by atoms with Crippen LogP contribution in [0.4, 0.5) is 0 Å². The van der Waals surface area contributed by atoms with Crippen molar-refractivity contribution in [2.24, 2.45) is 0 Å². The van der Waals surface area contributed by atoms with Crippen LogP contribution in [0.1, 0.15) is 65.2 Å². The van der Waals surface area contributed by atoms with Crippen molar-refractivity contribution >= 4 is 0 Å². The van der Waals surface area contributed by atoms with Gasteiger partial charge in [-0.1, -0.05) is 26.7 Å². The number of rotatable bonds is 13. The van der Waals surface area contributed by atoms with Gasteiger partial charge in [0.05, 0.1) is 54.4 Å². The van der Waals surface area contributed by atoms with E-state index in [0.717, 1.165) is 0 Å². The molecule has 0 aromatic rings. The monoisotopic (exact) mass is 286 g/mol. The van der Waals surface area contributed by atoms with Crippen LogP contribution in [0.2, 0.25) is 0 Å². The zero-order chi connectivity index (χ0) is 15.5. The predicted octanol–water partition coefficient (Wildman–Crippen LogP) is 4.30. The van der Waals surface area contributed by atoms with E-state index >= 15 is 0 Å². The molecule has 0 rings (SSSR count). The van der Waals surface area contributed by atoms with Crippen molar-refractivity contribution in [2.75, 3.05) is 54.4 Å². The molecule has 0 amide bonds. The van der Waals surface area contributed by atoms with Gasteiger partial charge >= 0.3 is 0 Å². The van der Waals surface area contributed by atoms with Gasteiger partial charge in [0.15, 0.2) is 0 Å². The Morgan fingerprint density at radius 1 is 0.450 bits per heavy atom. The summed E-state index contributed by atoms with van der Waals surface area (Å²) in [5.41, 5.74) is 0. The topological polar surface area (TPSA) is 0 Å². The summed E-state index contributed by atoms with van der Waals surface area (Å²) in [5.74, 6) is 0. The molecule has 2 heteroatoms. The Hall–Kier alpha value is -0.0800. The van der Waals surface area contributed by atoms with E-state index in [4.69, 9.17) is 0 Å². The minimum atomic E-state index is 1.21. The van der Waals surface area contributed by atoms with Gasteiger partial charge in [-0.05, 0) is 38.5 Å². The van der Waals surface area contributed by atoms with Gasteiger partial charge in [-0.2, -0.15) is 0 Å². The molecule has 0 aliphatic rings. The Labute approximate surface area is 129 Å². The molecule has 0 aliphatic heterocycles. The lowest BCUT2D eigenvalue weighted by Crippen LogP contribution is -2.41. The first-order valence-corrected chi connectivity index (χ1v) is 8.97. The molecule has 0 atom stereocenters. The van der Waals surface area contributed by atoms with Crippen LogP contribution >= 0.6 is 0 Å². The van der Waals surface area contributed by atoms with Crippen molar-refractivity contribution in [2.45, 2.75) is 65.2 Å². The van der Waals surface area contributed by atoms with Gasteiger partial charge in [0.1, 0.15) is 0 Å². The number of hydrogen-bond acceptors (Lipinski definition) is 0. The van der Waals surface area contributed by atoms with Crippen LogP contribution in [0.15, 0.2) is 0 Å². The molecule has 0 aromatic carbocycles. The van der Waals surface area contributed by atoms with Crippen molar-refractivity contribution in [1.82, 2.24) is 0 Å². The molecule has 0 aromatic heterocycles. The average Bonchev–Trinajstić information content (AvgIpc) is 2.32. The highest BCUT2D eigenvalue weighted by Gasteiger charge is 2.13. The fraction of sp³-hybridized carbons (Fsp3) is 1.00. The van der Waals surface area contributed by atoms with Crippen molar-refractivity contribution in [3.63, 3.8) is 0 Å². The highest BCUT2D eigenvalue weighted by atomic mass is 15.3. The SMILES string of the molecule is CCC[N+](C)(C)CCCCCCCC[N+](C)(C)CCC. The Kier molecular flexibility index (Phi) is 10.6. The molecule has 0 fully saturated rings. The van der Waals surface area contributed by atoms with Crippen molar-refractivity contribution < 1.29 is 8.97 Å². The minimum absolute atomic E-state index is 1.21. The fourth-order valence-corrected chi connectivity index (χ4v) is 3.22.